The van der Waals surface area contributed by atoms with Gasteiger partial charge in [0.2, 0.25) is 0 Å². The summed E-state index contributed by atoms with van der Waals surface area (Å²) in [6.45, 7) is 0.868. The number of piperidine rings is 1. The van der Waals surface area contributed by atoms with Gasteiger partial charge in [0.15, 0.2) is 0 Å². The Morgan fingerprint density at radius 3 is 2.55 bits per heavy atom. The van der Waals surface area contributed by atoms with E-state index in [1.807, 2.05) is 6.07 Å². The van der Waals surface area contributed by atoms with Crippen LogP contribution < -0.4 is 0 Å². The Morgan fingerprint density at radius 1 is 0.950 bits per heavy atom. The second kappa shape index (κ2) is 3.85. The third-order valence-corrected chi connectivity index (χ3v) is 6.63. The lowest BCUT2D eigenvalue weighted by molar-refractivity contribution is -0.0448. The van der Waals surface area contributed by atoms with Crippen molar-refractivity contribution in [3.63, 3.8) is 0 Å². The first-order chi connectivity index (χ1) is 9.75. The zero-order chi connectivity index (χ0) is 13.4. The molecule has 3 saturated carbocycles. The molecule has 5 rings (SSSR count). The van der Waals surface area contributed by atoms with Crippen LogP contribution in [0.15, 0.2) is 30.3 Å². The molecular formula is C17H21NO2. The fourth-order valence-corrected chi connectivity index (χ4v) is 6.04. The number of aliphatic hydroxyl groups is 2. The highest BCUT2D eigenvalue weighted by Gasteiger charge is 2.69. The minimum atomic E-state index is -0.221. The maximum Gasteiger partial charge on any atom is 0.0730 e. The quantitative estimate of drug-likeness (QED) is 0.851. The van der Waals surface area contributed by atoms with Crippen LogP contribution in [0, 0.1) is 23.7 Å². The van der Waals surface area contributed by atoms with Gasteiger partial charge in [-0.1, -0.05) is 30.3 Å². The second-order valence-corrected chi connectivity index (χ2v) is 7.24. The monoisotopic (exact) mass is 271 g/mol. The molecule has 1 aromatic carbocycles. The summed E-state index contributed by atoms with van der Waals surface area (Å²) in [6, 6.07) is 11.0. The smallest absolute Gasteiger partial charge is 0.0730 e. The van der Waals surface area contributed by atoms with Crippen LogP contribution in [0.5, 0.6) is 0 Å². The molecule has 1 heterocycles. The number of rotatable bonds is 2. The summed E-state index contributed by atoms with van der Waals surface area (Å²) in [4.78, 5) is 2.43. The first-order valence-electron chi connectivity index (χ1n) is 7.91. The van der Waals surface area contributed by atoms with E-state index in [0.717, 1.165) is 19.4 Å². The number of fused-ring (bicyclic) bond motifs is 3. The van der Waals surface area contributed by atoms with Crippen LogP contribution in [-0.4, -0.2) is 39.4 Å². The van der Waals surface area contributed by atoms with Gasteiger partial charge in [0.05, 0.1) is 12.2 Å². The molecule has 3 heteroatoms. The summed E-state index contributed by atoms with van der Waals surface area (Å²) < 4.78 is 0. The lowest BCUT2D eigenvalue weighted by Crippen LogP contribution is -2.55. The average Bonchev–Trinajstić information content (AvgIpc) is 3.06. The van der Waals surface area contributed by atoms with Crippen molar-refractivity contribution in [3.8, 4) is 0 Å². The predicted octanol–water partition coefficient (Wildman–Crippen LogP) is 1.25. The van der Waals surface area contributed by atoms with Crippen LogP contribution in [0.25, 0.3) is 0 Å². The van der Waals surface area contributed by atoms with E-state index in [1.54, 1.807) is 0 Å². The molecule has 106 valence electrons. The molecule has 1 saturated heterocycles. The Morgan fingerprint density at radius 2 is 1.75 bits per heavy atom. The average molecular weight is 271 g/mol. The molecule has 0 unspecified atom stereocenters. The number of aliphatic hydroxyl groups excluding tert-OH is 2. The minimum absolute atomic E-state index is 0.218. The largest absolute Gasteiger partial charge is 0.391 e. The standard InChI is InChI=1S/C17H21NO2/c19-16-12-6-11-10-7-13(17(20)14(10)12)18(15(11)16)8-9-4-2-1-3-5-9/h1-5,10-17,19-20H,6-8H2/t10-,11+,12-,13-,14+,15+,16+,17+/m1/s1. The van der Waals surface area contributed by atoms with Crippen molar-refractivity contribution in [2.24, 2.45) is 23.7 Å². The highest BCUT2D eigenvalue weighted by atomic mass is 16.3. The molecule has 3 aliphatic carbocycles. The molecular weight excluding hydrogens is 250 g/mol. The van der Waals surface area contributed by atoms with Crippen LogP contribution >= 0.6 is 0 Å². The third kappa shape index (κ3) is 1.27. The molecule has 0 aromatic heterocycles. The molecule has 4 aliphatic rings. The van der Waals surface area contributed by atoms with Crippen molar-refractivity contribution in [3.05, 3.63) is 35.9 Å². The van der Waals surface area contributed by atoms with Crippen LogP contribution in [-0.2, 0) is 6.54 Å². The number of hydrogen-bond acceptors (Lipinski definition) is 3. The summed E-state index contributed by atoms with van der Waals surface area (Å²) in [5, 5.41) is 21.3. The molecule has 4 fully saturated rings. The molecule has 8 atom stereocenters. The van der Waals surface area contributed by atoms with Gasteiger partial charge in [0, 0.05) is 18.6 Å². The Hall–Kier alpha value is -0.900. The fraction of sp³-hybridized carbons (Fsp3) is 0.647. The molecule has 0 spiro atoms. The predicted molar refractivity (Wildman–Crippen MR) is 74.8 cm³/mol. The molecule has 1 aromatic rings. The van der Waals surface area contributed by atoms with E-state index in [4.69, 9.17) is 0 Å². The van der Waals surface area contributed by atoms with Gasteiger partial charge in [-0.05, 0) is 42.1 Å². The zero-order valence-corrected chi connectivity index (χ0v) is 11.5. The van der Waals surface area contributed by atoms with Gasteiger partial charge in [0.25, 0.3) is 0 Å². The van der Waals surface area contributed by atoms with Crippen LogP contribution in [0.3, 0.4) is 0 Å². The number of nitrogens with zero attached hydrogens (tertiary/aromatic N) is 1. The summed E-state index contributed by atoms with van der Waals surface area (Å²) in [7, 11) is 0. The Bertz CT molecular complexity index is 533. The van der Waals surface area contributed by atoms with Gasteiger partial charge in [-0.2, -0.15) is 0 Å². The Labute approximate surface area is 119 Å². The van der Waals surface area contributed by atoms with Crippen molar-refractivity contribution in [2.75, 3.05) is 0 Å². The number of likely N-dealkylation sites (tertiary alicyclic amines) is 1. The molecule has 0 radical (unpaired) electrons. The topological polar surface area (TPSA) is 43.7 Å². The Balaban J connectivity index is 1.53. The van der Waals surface area contributed by atoms with E-state index < -0.39 is 0 Å². The maximum atomic E-state index is 10.7. The van der Waals surface area contributed by atoms with Crippen molar-refractivity contribution < 1.29 is 10.2 Å². The first-order valence-corrected chi connectivity index (χ1v) is 7.91. The van der Waals surface area contributed by atoms with Crippen LogP contribution in [0.1, 0.15) is 18.4 Å². The van der Waals surface area contributed by atoms with E-state index >= 15 is 0 Å². The van der Waals surface area contributed by atoms with Gasteiger partial charge in [0.1, 0.15) is 0 Å². The van der Waals surface area contributed by atoms with Gasteiger partial charge in [-0.25, -0.2) is 0 Å². The molecule has 0 amide bonds. The molecule has 20 heavy (non-hydrogen) atoms. The van der Waals surface area contributed by atoms with E-state index in [1.165, 1.54) is 5.56 Å². The van der Waals surface area contributed by atoms with E-state index in [-0.39, 0.29) is 24.3 Å². The highest BCUT2D eigenvalue weighted by molar-refractivity contribution is 5.23. The van der Waals surface area contributed by atoms with Gasteiger partial charge in [-0.3, -0.25) is 4.90 Å². The minimum Gasteiger partial charge on any atom is -0.391 e. The van der Waals surface area contributed by atoms with E-state index in [0.29, 0.717) is 23.7 Å². The normalized spacial score (nSPS) is 52.1. The summed E-state index contributed by atoms with van der Waals surface area (Å²) >= 11 is 0. The fourth-order valence-electron chi connectivity index (χ4n) is 6.04. The summed E-state index contributed by atoms with van der Waals surface area (Å²) in [5.74, 6) is 2.03. The van der Waals surface area contributed by atoms with Gasteiger partial charge >= 0.3 is 0 Å². The van der Waals surface area contributed by atoms with E-state index in [9.17, 15) is 10.2 Å². The van der Waals surface area contributed by atoms with Gasteiger partial charge in [-0.15, -0.1) is 0 Å². The van der Waals surface area contributed by atoms with Crippen molar-refractivity contribution >= 4 is 0 Å². The molecule has 3 nitrogen and oxygen atoms in total. The molecule has 2 N–H and O–H groups in total. The summed E-state index contributed by atoms with van der Waals surface area (Å²) in [5.41, 5.74) is 1.29. The van der Waals surface area contributed by atoms with Gasteiger partial charge < -0.3 is 10.2 Å². The van der Waals surface area contributed by atoms with Crippen molar-refractivity contribution in [1.82, 2.24) is 4.90 Å². The van der Waals surface area contributed by atoms with Crippen LogP contribution in [0.4, 0.5) is 0 Å². The number of hydrogen-bond donors (Lipinski definition) is 2. The van der Waals surface area contributed by atoms with Crippen molar-refractivity contribution in [1.29, 1.82) is 0 Å². The SMILES string of the molecule is O[C@@H]1[C@H]2[C@@H]3C[C@H]1N(Cc1ccccc1)[C@@H]1[C@@H](O)[C@@H]2C[C@@H]31. The number of benzene rings is 1. The molecule has 1 aliphatic heterocycles. The zero-order valence-electron chi connectivity index (χ0n) is 11.5. The Kier molecular flexibility index (Phi) is 2.25. The third-order valence-electron chi connectivity index (χ3n) is 6.63. The van der Waals surface area contributed by atoms with Crippen molar-refractivity contribution in [2.45, 2.75) is 43.7 Å². The summed E-state index contributed by atoms with van der Waals surface area (Å²) in [6.07, 6.45) is 1.84. The lowest BCUT2D eigenvalue weighted by Gasteiger charge is -2.45. The van der Waals surface area contributed by atoms with E-state index in [2.05, 4.69) is 29.2 Å². The molecule has 4 bridgehead atoms. The maximum absolute atomic E-state index is 10.7. The lowest BCUT2D eigenvalue weighted by atomic mass is 9.76. The van der Waals surface area contributed by atoms with Crippen LogP contribution in [0.2, 0.25) is 0 Å². The first kappa shape index (κ1) is 11.7. The second-order valence-electron chi connectivity index (χ2n) is 7.24. The highest BCUT2D eigenvalue weighted by Crippen LogP contribution is 2.64.